The molecule has 2 aromatic rings. The molecule has 2 aliphatic rings. The molecule has 0 radical (unpaired) electrons. The number of carbonyl (C=O) groups excluding carboxylic acids is 4. The number of nitrogens with one attached hydrogen (secondary N) is 1. The lowest BCUT2D eigenvalue weighted by molar-refractivity contribution is -0.127. The van der Waals surface area contributed by atoms with Gasteiger partial charge in [-0.2, -0.15) is 0 Å². The zero-order valence-corrected chi connectivity index (χ0v) is 18.0. The number of carbonyl (C=O) groups is 4. The second-order valence-electron chi connectivity index (χ2n) is 8.29. The molecule has 4 rings (SSSR count). The van der Waals surface area contributed by atoms with Gasteiger partial charge in [-0.3, -0.25) is 24.1 Å². The molecule has 1 fully saturated rings. The number of ether oxygens (including phenoxy) is 1. The summed E-state index contributed by atoms with van der Waals surface area (Å²) >= 11 is 0. The summed E-state index contributed by atoms with van der Waals surface area (Å²) in [5.74, 6) is -0.792. The lowest BCUT2D eigenvalue weighted by Crippen LogP contribution is -2.44. The highest BCUT2D eigenvalue weighted by molar-refractivity contribution is 6.21. The highest BCUT2D eigenvalue weighted by Gasteiger charge is 2.40. The molecule has 1 saturated carbocycles. The van der Waals surface area contributed by atoms with Crippen molar-refractivity contribution < 1.29 is 23.9 Å². The first-order chi connectivity index (χ1) is 15.5. The number of methoxy groups -OCH3 is 1. The maximum absolute atomic E-state index is 12.9. The minimum absolute atomic E-state index is 0.0958. The van der Waals surface area contributed by atoms with E-state index in [4.69, 9.17) is 4.74 Å². The zero-order valence-electron chi connectivity index (χ0n) is 18.0. The number of rotatable bonds is 7. The molecule has 1 N–H and O–H groups in total. The summed E-state index contributed by atoms with van der Waals surface area (Å²) in [7, 11) is 1.56. The van der Waals surface area contributed by atoms with E-state index in [9.17, 15) is 19.2 Å². The Balaban J connectivity index is 1.39. The van der Waals surface area contributed by atoms with Crippen LogP contribution in [0.5, 0.6) is 5.75 Å². The first kappa shape index (κ1) is 21.7. The fraction of sp³-hybridized carbons (Fsp3) is 0.360. The Labute approximate surface area is 186 Å². The van der Waals surface area contributed by atoms with Crippen LogP contribution in [0.3, 0.4) is 0 Å². The van der Waals surface area contributed by atoms with Gasteiger partial charge in [-0.05, 0) is 55.2 Å². The molecule has 7 nitrogen and oxygen atoms in total. The number of hydrogen-bond donors (Lipinski definition) is 1. The molecular formula is C25H26N2O5. The van der Waals surface area contributed by atoms with E-state index in [0.717, 1.165) is 19.3 Å². The molecule has 0 saturated heterocycles. The van der Waals surface area contributed by atoms with Gasteiger partial charge in [0.1, 0.15) is 5.75 Å². The van der Waals surface area contributed by atoms with E-state index in [0.29, 0.717) is 28.9 Å². The number of Topliss-reactive ketones (excluding diaryl/α,β-unsaturated/α-hetero) is 1. The van der Waals surface area contributed by atoms with Gasteiger partial charge in [0, 0.05) is 18.0 Å². The van der Waals surface area contributed by atoms with Gasteiger partial charge in [0.2, 0.25) is 5.91 Å². The monoisotopic (exact) mass is 434 g/mol. The molecule has 166 valence electrons. The second kappa shape index (κ2) is 9.34. The maximum Gasteiger partial charge on any atom is 0.261 e. The predicted octanol–water partition coefficient (Wildman–Crippen LogP) is 3.10. The second-order valence-corrected chi connectivity index (χ2v) is 8.29. The Morgan fingerprint density at radius 2 is 1.59 bits per heavy atom. The summed E-state index contributed by atoms with van der Waals surface area (Å²) in [5, 5.41) is 2.77. The van der Waals surface area contributed by atoms with Crippen molar-refractivity contribution in [3.8, 4) is 5.75 Å². The van der Waals surface area contributed by atoms with Gasteiger partial charge in [0.05, 0.1) is 24.8 Å². The summed E-state index contributed by atoms with van der Waals surface area (Å²) in [6.07, 6.45) is 3.29. The van der Waals surface area contributed by atoms with Gasteiger partial charge in [0.25, 0.3) is 11.8 Å². The van der Waals surface area contributed by atoms with Crippen molar-refractivity contribution >= 4 is 23.5 Å². The summed E-state index contributed by atoms with van der Waals surface area (Å²) in [6.45, 7) is 0.123. The molecule has 0 spiro atoms. The van der Waals surface area contributed by atoms with Crippen LogP contribution < -0.4 is 10.1 Å². The van der Waals surface area contributed by atoms with Crippen molar-refractivity contribution in [1.82, 2.24) is 10.2 Å². The molecule has 2 unspecified atom stereocenters. The van der Waals surface area contributed by atoms with Crippen LogP contribution in [0.4, 0.5) is 0 Å². The van der Waals surface area contributed by atoms with Crippen molar-refractivity contribution in [2.75, 3.05) is 20.2 Å². The molecular weight excluding hydrogens is 408 g/mol. The van der Waals surface area contributed by atoms with Crippen molar-refractivity contribution in [2.45, 2.75) is 25.7 Å². The van der Waals surface area contributed by atoms with Crippen LogP contribution in [0.1, 0.15) is 56.8 Å². The van der Waals surface area contributed by atoms with Crippen LogP contribution >= 0.6 is 0 Å². The topological polar surface area (TPSA) is 92.8 Å². The third kappa shape index (κ3) is 4.28. The van der Waals surface area contributed by atoms with Crippen molar-refractivity contribution in [2.24, 2.45) is 11.8 Å². The molecule has 0 bridgehead atoms. The fourth-order valence-corrected chi connectivity index (χ4v) is 4.59. The first-order valence-corrected chi connectivity index (χ1v) is 10.9. The van der Waals surface area contributed by atoms with E-state index in [1.54, 1.807) is 55.6 Å². The predicted molar refractivity (Wildman–Crippen MR) is 118 cm³/mol. The zero-order chi connectivity index (χ0) is 22.7. The fourth-order valence-electron chi connectivity index (χ4n) is 4.59. The van der Waals surface area contributed by atoms with Gasteiger partial charge in [0.15, 0.2) is 5.78 Å². The standard InChI is InChI=1S/C25H26N2O5/c1-32-18-12-10-16(11-13-18)22(28)14-26-23(29)19-7-3-2-6-17(19)15-27-24(30)20-8-4-5-9-21(20)25(27)31/h4-5,8-13,17,19H,2-3,6-7,14-15H2,1H3,(H,26,29). The summed E-state index contributed by atoms with van der Waals surface area (Å²) in [6, 6.07) is 13.5. The molecule has 3 amide bonds. The normalized spacial score (nSPS) is 20.1. The average molecular weight is 434 g/mol. The summed E-state index contributed by atoms with van der Waals surface area (Å²) in [5.41, 5.74) is 1.33. The molecule has 1 heterocycles. The van der Waals surface area contributed by atoms with E-state index in [2.05, 4.69) is 5.32 Å². The first-order valence-electron chi connectivity index (χ1n) is 10.9. The lowest BCUT2D eigenvalue weighted by atomic mass is 9.78. The number of amides is 3. The van der Waals surface area contributed by atoms with E-state index >= 15 is 0 Å². The smallest absolute Gasteiger partial charge is 0.261 e. The molecule has 0 aromatic heterocycles. The number of imide groups is 1. The molecule has 2 aromatic carbocycles. The molecule has 32 heavy (non-hydrogen) atoms. The number of ketones is 1. The number of nitrogens with zero attached hydrogens (tertiary/aromatic N) is 1. The average Bonchev–Trinajstić information content (AvgIpc) is 3.07. The van der Waals surface area contributed by atoms with Crippen LogP contribution in [0.15, 0.2) is 48.5 Å². The van der Waals surface area contributed by atoms with Gasteiger partial charge < -0.3 is 10.1 Å². The molecule has 2 atom stereocenters. The Bertz CT molecular complexity index is 1010. The maximum atomic E-state index is 12.9. The molecule has 1 aliphatic carbocycles. The van der Waals surface area contributed by atoms with Crippen LogP contribution in [0, 0.1) is 11.8 Å². The SMILES string of the molecule is COc1ccc(C(=O)CNC(=O)C2CCCCC2CN2C(=O)c3ccccc3C2=O)cc1. The lowest BCUT2D eigenvalue weighted by Gasteiger charge is -2.32. The van der Waals surface area contributed by atoms with Gasteiger partial charge in [-0.25, -0.2) is 0 Å². The highest BCUT2D eigenvalue weighted by atomic mass is 16.5. The summed E-state index contributed by atoms with van der Waals surface area (Å²) in [4.78, 5) is 52.1. The number of fused-ring (bicyclic) bond motifs is 1. The third-order valence-corrected chi connectivity index (χ3v) is 6.38. The van der Waals surface area contributed by atoms with E-state index in [1.807, 2.05) is 0 Å². The largest absolute Gasteiger partial charge is 0.497 e. The van der Waals surface area contributed by atoms with Crippen LogP contribution in [0.25, 0.3) is 0 Å². The summed E-state index contributed by atoms with van der Waals surface area (Å²) < 4.78 is 5.10. The van der Waals surface area contributed by atoms with Gasteiger partial charge in [-0.1, -0.05) is 25.0 Å². The van der Waals surface area contributed by atoms with E-state index in [1.165, 1.54) is 4.90 Å². The minimum atomic E-state index is -0.336. The third-order valence-electron chi connectivity index (χ3n) is 6.38. The number of benzene rings is 2. The van der Waals surface area contributed by atoms with Crippen molar-refractivity contribution in [1.29, 1.82) is 0 Å². The van der Waals surface area contributed by atoms with Crippen LogP contribution in [0.2, 0.25) is 0 Å². The Kier molecular flexibility index (Phi) is 6.35. The molecule has 7 heteroatoms. The van der Waals surface area contributed by atoms with Crippen molar-refractivity contribution in [3.05, 3.63) is 65.2 Å². The Morgan fingerprint density at radius 1 is 0.969 bits per heavy atom. The van der Waals surface area contributed by atoms with E-state index < -0.39 is 0 Å². The molecule has 1 aliphatic heterocycles. The Morgan fingerprint density at radius 3 is 2.22 bits per heavy atom. The van der Waals surface area contributed by atoms with Crippen molar-refractivity contribution in [3.63, 3.8) is 0 Å². The highest BCUT2D eigenvalue weighted by Crippen LogP contribution is 2.33. The number of hydrogen-bond acceptors (Lipinski definition) is 5. The minimum Gasteiger partial charge on any atom is -0.497 e. The Hall–Kier alpha value is -3.48. The van der Waals surface area contributed by atoms with Crippen LogP contribution in [-0.4, -0.2) is 48.6 Å². The quantitative estimate of drug-likeness (QED) is 0.534. The van der Waals surface area contributed by atoms with E-state index in [-0.39, 0.29) is 48.4 Å². The van der Waals surface area contributed by atoms with Crippen LogP contribution in [-0.2, 0) is 4.79 Å². The van der Waals surface area contributed by atoms with Gasteiger partial charge >= 0.3 is 0 Å². The van der Waals surface area contributed by atoms with Gasteiger partial charge in [-0.15, -0.1) is 0 Å².